The number of thiol groups is 1. The first-order valence-corrected chi connectivity index (χ1v) is 6.06. The summed E-state index contributed by atoms with van der Waals surface area (Å²) in [7, 11) is 0. The van der Waals surface area contributed by atoms with Gasteiger partial charge in [-0.2, -0.15) is 12.6 Å². The summed E-state index contributed by atoms with van der Waals surface area (Å²) in [4.78, 5) is 11.7. The third-order valence-corrected chi connectivity index (χ3v) is 2.42. The molecule has 0 aromatic heterocycles. The Morgan fingerprint density at radius 2 is 2.06 bits per heavy atom. The van der Waals surface area contributed by atoms with Crippen molar-refractivity contribution in [3.63, 3.8) is 0 Å². The van der Waals surface area contributed by atoms with E-state index in [4.69, 9.17) is 14.6 Å². The molecule has 100 valence electrons. The van der Waals surface area contributed by atoms with Crippen LogP contribution in [0.25, 0.3) is 0 Å². The Labute approximate surface area is 107 Å². The van der Waals surface area contributed by atoms with Gasteiger partial charge in [0.2, 0.25) is 5.91 Å². The predicted octanol–water partition coefficient (Wildman–Crippen LogP) is 0.671. The van der Waals surface area contributed by atoms with Crippen LogP contribution < -0.4 is 5.32 Å². The van der Waals surface area contributed by atoms with E-state index in [9.17, 15) is 4.79 Å². The maximum absolute atomic E-state index is 11.7. The number of carbonyl (C=O) groups is 1. The molecular formula is C11H21NO4S. The number of aliphatic hydroxyl groups excluding tert-OH is 1. The SMILES string of the molecule is CC(C)(S)CC(=O)N[C@@H]1OC(C)(C)O[C@@H]1CO. The molecule has 1 fully saturated rings. The van der Waals surface area contributed by atoms with Gasteiger partial charge in [-0.05, 0) is 13.8 Å². The van der Waals surface area contributed by atoms with Gasteiger partial charge in [-0.3, -0.25) is 4.79 Å². The monoisotopic (exact) mass is 263 g/mol. The molecule has 1 aliphatic heterocycles. The molecule has 0 bridgehead atoms. The van der Waals surface area contributed by atoms with Gasteiger partial charge in [0.1, 0.15) is 6.10 Å². The molecule has 0 aliphatic carbocycles. The second-order valence-corrected chi connectivity index (χ2v) is 6.54. The number of aliphatic hydroxyl groups is 1. The first kappa shape index (κ1) is 14.8. The molecule has 0 unspecified atom stereocenters. The minimum absolute atomic E-state index is 0.172. The second kappa shape index (κ2) is 5.14. The molecule has 6 heteroatoms. The molecule has 0 aromatic carbocycles. The fourth-order valence-electron chi connectivity index (χ4n) is 1.69. The molecule has 0 saturated carbocycles. The van der Waals surface area contributed by atoms with E-state index in [1.165, 1.54) is 0 Å². The number of ether oxygens (including phenoxy) is 2. The van der Waals surface area contributed by atoms with Gasteiger partial charge in [-0.15, -0.1) is 0 Å². The predicted molar refractivity (Wildman–Crippen MR) is 66.7 cm³/mol. The Morgan fingerprint density at radius 1 is 1.47 bits per heavy atom. The zero-order valence-electron chi connectivity index (χ0n) is 10.7. The van der Waals surface area contributed by atoms with Crippen LogP contribution >= 0.6 is 12.6 Å². The zero-order chi connectivity index (χ0) is 13.3. The average molecular weight is 263 g/mol. The van der Waals surface area contributed by atoms with Crippen molar-refractivity contribution in [1.29, 1.82) is 0 Å². The summed E-state index contributed by atoms with van der Waals surface area (Å²) in [6, 6.07) is 0. The van der Waals surface area contributed by atoms with Gasteiger partial charge in [0.05, 0.1) is 6.61 Å². The van der Waals surface area contributed by atoms with Crippen LogP contribution in [0.5, 0.6) is 0 Å². The Bertz CT molecular complexity index is 288. The van der Waals surface area contributed by atoms with Crippen LogP contribution in [0, 0.1) is 0 Å². The molecule has 0 radical (unpaired) electrons. The highest BCUT2D eigenvalue weighted by Crippen LogP contribution is 2.27. The van der Waals surface area contributed by atoms with Crippen molar-refractivity contribution >= 4 is 18.5 Å². The zero-order valence-corrected chi connectivity index (χ0v) is 11.6. The lowest BCUT2D eigenvalue weighted by Gasteiger charge is -2.21. The number of rotatable bonds is 4. The summed E-state index contributed by atoms with van der Waals surface area (Å²) in [5.41, 5.74) is 0. The summed E-state index contributed by atoms with van der Waals surface area (Å²) in [5.74, 6) is -0.961. The molecule has 1 aliphatic rings. The quantitative estimate of drug-likeness (QED) is 0.652. The number of hydrogen-bond donors (Lipinski definition) is 3. The molecule has 1 heterocycles. The molecule has 1 saturated heterocycles. The lowest BCUT2D eigenvalue weighted by atomic mass is 10.1. The molecule has 0 spiro atoms. The van der Waals surface area contributed by atoms with E-state index in [0.29, 0.717) is 0 Å². The summed E-state index contributed by atoms with van der Waals surface area (Å²) >= 11 is 4.29. The van der Waals surface area contributed by atoms with E-state index in [1.807, 2.05) is 13.8 Å². The van der Waals surface area contributed by atoms with Gasteiger partial charge < -0.3 is 19.9 Å². The highest BCUT2D eigenvalue weighted by molar-refractivity contribution is 7.81. The summed E-state index contributed by atoms with van der Waals surface area (Å²) in [5, 5.41) is 11.8. The topological polar surface area (TPSA) is 67.8 Å². The van der Waals surface area contributed by atoms with Gasteiger partial charge in [0.25, 0.3) is 0 Å². The van der Waals surface area contributed by atoms with E-state index < -0.39 is 18.1 Å². The third kappa shape index (κ3) is 4.83. The number of carbonyl (C=O) groups excluding carboxylic acids is 1. The van der Waals surface area contributed by atoms with Crippen molar-refractivity contribution in [1.82, 2.24) is 5.32 Å². The lowest BCUT2D eigenvalue weighted by molar-refractivity contribution is -0.153. The van der Waals surface area contributed by atoms with Crippen molar-refractivity contribution in [3.8, 4) is 0 Å². The molecular weight excluding hydrogens is 242 g/mol. The van der Waals surface area contributed by atoms with E-state index >= 15 is 0 Å². The highest BCUT2D eigenvalue weighted by atomic mass is 32.1. The van der Waals surface area contributed by atoms with Gasteiger partial charge >= 0.3 is 0 Å². The van der Waals surface area contributed by atoms with E-state index in [2.05, 4.69) is 17.9 Å². The molecule has 0 aromatic rings. The van der Waals surface area contributed by atoms with Gasteiger partial charge in [0.15, 0.2) is 12.0 Å². The van der Waals surface area contributed by atoms with E-state index in [0.717, 1.165) is 0 Å². The highest BCUT2D eigenvalue weighted by Gasteiger charge is 2.41. The number of amides is 1. The first-order valence-electron chi connectivity index (χ1n) is 5.61. The maximum Gasteiger partial charge on any atom is 0.223 e. The normalized spacial score (nSPS) is 28.1. The van der Waals surface area contributed by atoms with Crippen molar-refractivity contribution in [2.45, 2.75) is 57.0 Å². The Kier molecular flexibility index (Phi) is 4.46. The average Bonchev–Trinajstić information content (AvgIpc) is 2.36. The Morgan fingerprint density at radius 3 is 2.53 bits per heavy atom. The molecule has 2 atom stereocenters. The van der Waals surface area contributed by atoms with Crippen LogP contribution in [-0.4, -0.2) is 40.5 Å². The van der Waals surface area contributed by atoms with Crippen LogP contribution in [0.15, 0.2) is 0 Å². The molecule has 1 rings (SSSR count). The minimum Gasteiger partial charge on any atom is -0.393 e. The molecule has 17 heavy (non-hydrogen) atoms. The van der Waals surface area contributed by atoms with Gasteiger partial charge in [-0.25, -0.2) is 0 Å². The van der Waals surface area contributed by atoms with Crippen LogP contribution in [0.4, 0.5) is 0 Å². The number of hydrogen-bond acceptors (Lipinski definition) is 5. The summed E-state index contributed by atoms with van der Waals surface area (Å²) in [6.07, 6.45) is -0.871. The summed E-state index contributed by atoms with van der Waals surface area (Å²) < 4.78 is 10.6. The second-order valence-electron chi connectivity index (χ2n) is 5.33. The van der Waals surface area contributed by atoms with Crippen molar-refractivity contribution in [3.05, 3.63) is 0 Å². The van der Waals surface area contributed by atoms with Gasteiger partial charge in [0, 0.05) is 11.2 Å². The minimum atomic E-state index is -0.790. The largest absolute Gasteiger partial charge is 0.393 e. The smallest absolute Gasteiger partial charge is 0.223 e. The standard InChI is InChI=1S/C11H21NO4S/c1-10(2,17)5-8(14)12-9-7(6-13)15-11(3,4)16-9/h7,9,13,17H,5-6H2,1-4H3,(H,12,14)/t7-,9-/m1/s1. The first-order chi connectivity index (χ1) is 7.63. The van der Waals surface area contributed by atoms with E-state index in [-0.39, 0.29) is 23.7 Å². The van der Waals surface area contributed by atoms with Crippen LogP contribution in [0.1, 0.15) is 34.1 Å². The molecule has 1 amide bonds. The van der Waals surface area contributed by atoms with Crippen molar-refractivity contribution < 1.29 is 19.4 Å². The van der Waals surface area contributed by atoms with Crippen LogP contribution in [0.3, 0.4) is 0 Å². The van der Waals surface area contributed by atoms with Crippen molar-refractivity contribution in [2.75, 3.05) is 6.61 Å². The van der Waals surface area contributed by atoms with Crippen LogP contribution in [-0.2, 0) is 14.3 Å². The van der Waals surface area contributed by atoms with Crippen LogP contribution in [0.2, 0.25) is 0 Å². The van der Waals surface area contributed by atoms with Gasteiger partial charge in [-0.1, -0.05) is 13.8 Å². The third-order valence-electron chi connectivity index (χ3n) is 2.26. The summed E-state index contributed by atoms with van der Waals surface area (Å²) in [6.45, 7) is 7.00. The van der Waals surface area contributed by atoms with Crippen molar-refractivity contribution in [2.24, 2.45) is 0 Å². The van der Waals surface area contributed by atoms with E-state index in [1.54, 1.807) is 13.8 Å². The fraction of sp³-hybridized carbons (Fsp3) is 0.909. The lowest BCUT2D eigenvalue weighted by Crippen LogP contribution is -2.44. The Balaban J connectivity index is 2.53. The fourth-order valence-corrected chi connectivity index (χ4v) is 1.84. The number of nitrogens with one attached hydrogen (secondary N) is 1. The Hall–Kier alpha value is -0.300. The maximum atomic E-state index is 11.7. The molecule has 5 nitrogen and oxygen atoms in total. The molecule has 2 N–H and O–H groups in total.